The predicted octanol–water partition coefficient (Wildman–Crippen LogP) is 3.15. The summed E-state index contributed by atoms with van der Waals surface area (Å²) in [5.74, 6) is -0.698. The summed E-state index contributed by atoms with van der Waals surface area (Å²) in [4.78, 5) is 27.2. The van der Waals surface area contributed by atoms with Crippen molar-refractivity contribution in [2.75, 3.05) is 0 Å². The summed E-state index contributed by atoms with van der Waals surface area (Å²) in [5.41, 5.74) is 3.19. The number of pyridine rings is 1. The second kappa shape index (κ2) is 6.76. The Bertz CT molecular complexity index is 1260. The third kappa shape index (κ3) is 3.28. The van der Waals surface area contributed by atoms with E-state index in [1.54, 1.807) is 12.1 Å². The summed E-state index contributed by atoms with van der Waals surface area (Å²) >= 11 is 0. The second-order valence-corrected chi connectivity index (χ2v) is 6.06. The van der Waals surface area contributed by atoms with Crippen molar-refractivity contribution in [3.63, 3.8) is 0 Å². The normalized spacial score (nSPS) is 11.3. The smallest absolute Gasteiger partial charge is 0.275 e. The van der Waals surface area contributed by atoms with Gasteiger partial charge in [-0.15, -0.1) is 0 Å². The van der Waals surface area contributed by atoms with Gasteiger partial charge in [-0.3, -0.25) is 9.59 Å². The lowest BCUT2D eigenvalue weighted by Crippen LogP contribution is -2.19. The fraction of sp³-hybridized carbons (Fsp3) is 0. The van der Waals surface area contributed by atoms with Crippen molar-refractivity contribution in [2.45, 2.75) is 0 Å². The first-order chi connectivity index (χ1) is 13.1. The standard InChI is InChI=1S/C21H15N3O3/c25-19-11-14-6-2-1-5-13(14)10-17(19)21(27)24-22-12-16-9-15-7-3-4-8-18(15)23-20(16)26/h1-12,25H,(H,23,26)(H,24,27). The molecule has 1 heterocycles. The van der Waals surface area contributed by atoms with Crippen LogP contribution >= 0.6 is 0 Å². The molecule has 6 nitrogen and oxygen atoms in total. The number of aromatic nitrogens is 1. The molecule has 0 spiro atoms. The molecule has 0 aliphatic carbocycles. The Morgan fingerprint density at radius 3 is 2.41 bits per heavy atom. The molecule has 0 saturated heterocycles. The molecule has 6 heteroatoms. The summed E-state index contributed by atoms with van der Waals surface area (Å²) < 4.78 is 0. The van der Waals surface area contributed by atoms with E-state index in [1.807, 2.05) is 48.5 Å². The number of fused-ring (bicyclic) bond motifs is 2. The molecule has 0 radical (unpaired) electrons. The van der Waals surface area contributed by atoms with Gasteiger partial charge >= 0.3 is 0 Å². The zero-order valence-corrected chi connectivity index (χ0v) is 14.1. The van der Waals surface area contributed by atoms with Crippen LogP contribution < -0.4 is 11.0 Å². The molecule has 0 saturated carbocycles. The summed E-state index contributed by atoms with van der Waals surface area (Å²) in [5, 5.41) is 16.5. The van der Waals surface area contributed by atoms with Gasteiger partial charge in [-0.1, -0.05) is 42.5 Å². The first-order valence-corrected chi connectivity index (χ1v) is 8.29. The summed E-state index contributed by atoms with van der Waals surface area (Å²) in [7, 11) is 0. The number of phenols is 1. The van der Waals surface area contributed by atoms with Gasteiger partial charge in [-0.05, 0) is 40.4 Å². The number of aromatic amines is 1. The van der Waals surface area contributed by atoms with E-state index in [1.165, 1.54) is 12.3 Å². The molecule has 1 amide bonds. The SMILES string of the molecule is O=C(NN=Cc1cc2ccccc2[nH]c1=O)c1cc2ccccc2cc1O. The number of phenolic OH excluding ortho intramolecular Hbond substituents is 1. The number of hydrogen-bond acceptors (Lipinski definition) is 4. The maximum absolute atomic E-state index is 12.3. The molecule has 4 rings (SSSR count). The largest absolute Gasteiger partial charge is 0.507 e. The molecule has 0 bridgehead atoms. The summed E-state index contributed by atoms with van der Waals surface area (Å²) in [6.07, 6.45) is 1.28. The van der Waals surface area contributed by atoms with E-state index in [9.17, 15) is 14.7 Å². The average Bonchev–Trinajstić information content (AvgIpc) is 2.67. The molecule has 0 aliphatic heterocycles. The van der Waals surface area contributed by atoms with Crippen molar-refractivity contribution < 1.29 is 9.90 Å². The van der Waals surface area contributed by atoms with Crippen LogP contribution in [0.15, 0.2) is 76.6 Å². The summed E-state index contributed by atoms with van der Waals surface area (Å²) in [6, 6.07) is 19.6. The van der Waals surface area contributed by atoms with E-state index < -0.39 is 5.91 Å². The fourth-order valence-corrected chi connectivity index (χ4v) is 2.89. The highest BCUT2D eigenvalue weighted by molar-refractivity contribution is 6.01. The lowest BCUT2D eigenvalue weighted by molar-refractivity contribution is 0.0952. The fourth-order valence-electron chi connectivity index (χ4n) is 2.89. The van der Waals surface area contributed by atoms with Gasteiger partial charge in [0.15, 0.2) is 0 Å². The van der Waals surface area contributed by atoms with E-state index in [4.69, 9.17) is 0 Å². The van der Waals surface area contributed by atoms with Crippen LogP contribution in [-0.2, 0) is 0 Å². The molecule has 0 aliphatic rings. The number of H-pyrrole nitrogens is 1. The van der Waals surface area contributed by atoms with Crippen LogP contribution in [0.5, 0.6) is 5.75 Å². The van der Waals surface area contributed by atoms with Crippen LogP contribution in [0.3, 0.4) is 0 Å². The maximum Gasteiger partial charge on any atom is 0.275 e. The van der Waals surface area contributed by atoms with E-state index in [0.29, 0.717) is 5.56 Å². The molecule has 0 fully saturated rings. The molecule has 132 valence electrons. The van der Waals surface area contributed by atoms with Crippen LogP contribution in [0.4, 0.5) is 0 Å². The summed E-state index contributed by atoms with van der Waals surface area (Å²) in [6.45, 7) is 0. The number of benzene rings is 3. The number of nitrogens with one attached hydrogen (secondary N) is 2. The number of nitrogens with zero attached hydrogens (tertiary/aromatic N) is 1. The molecular formula is C21H15N3O3. The number of carbonyl (C=O) groups excluding carboxylic acids is 1. The highest BCUT2D eigenvalue weighted by Crippen LogP contribution is 2.24. The quantitative estimate of drug-likeness (QED) is 0.388. The van der Waals surface area contributed by atoms with Crippen LogP contribution in [0, 0.1) is 0 Å². The molecule has 0 atom stereocenters. The van der Waals surface area contributed by atoms with Gasteiger partial charge in [0, 0.05) is 5.52 Å². The van der Waals surface area contributed by atoms with E-state index in [0.717, 1.165) is 21.7 Å². The monoisotopic (exact) mass is 357 g/mol. The zero-order chi connectivity index (χ0) is 18.8. The van der Waals surface area contributed by atoms with Crippen molar-refractivity contribution >= 4 is 33.8 Å². The molecule has 1 aromatic heterocycles. The number of carbonyl (C=O) groups is 1. The number of hydrogen-bond donors (Lipinski definition) is 3. The highest BCUT2D eigenvalue weighted by Gasteiger charge is 2.11. The van der Waals surface area contributed by atoms with E-state index in [-0.39, 0.29) is 16.9 Å². The zero-order valence-electron chi connectivity index (χ0n) is 14.1. The molecule has 4 aromatic rings. The highest BCUT2D eigenvalue weighted by atomic mass is 16.3. The first kappa shape index (κ1) is 16.5. The Morgan fingerprint density at radius 1 is 0.963 bits per heavy atom. The van der Waals surface area contributed by atoms with Crippen LogP contribution in [0.25, 0.3) is 21.7 Å². The number of para-hydroxylation sites is 1. The van der Waals surface area contributed by atoms with Crippen molar-refractivity contribution in [1.82, 2.24) is 10.4 Å². The van der Waals surface area contributed by atoms with Gasteiger partial charge in [0.2, 0.25) is 0 Å². The minimum Gasteiger partial charge on any atom is -0.507 e. The minimum atomic E-state index is -0.563. The Labute approximate surface area is 153 Å². The Hall–Kier alpha value is -3.93. The third-order valence-electron chi connectivity index (χ3n) is 4.26. The number of hydrazone groups is 1. The number of amides is 1. The van der Waals surface area contributed by atoms with E-state index >= 15 is 0 Å². The Kier molecular flexibility index (Phi) is 4.14. The molecular weight excluding hydrogens is 342 g/mol. The van der Waals surface area contributed by atoms with Crippen LogP contribution in [-0.4, -0.2) is 22.2 Å². The Morgan fingerprint density at radius 2 is 1.63 bits per heavy atom. The number of rotatable bonds is 3. The van der Waals surface area contributed by atoms with Crippen LogP contribution in [0.2, 0.25) is 0 Å². The van der Waals surface area contributed by atoms with Crippen LogP contribution in [0.1, 0.15) is 15.9 Å². The third-order valence-corrected chi connectivity index (χ3v) is 4.26. The lowest BCUT2D eigenvalue weighted by Gasteiger charge is -2.05. The van der Waals surface area contributed by atoms with Gasteiger partial charge in [0.25, 0.3) is 11.5 Å². The molecule has 3 aromatic carbocycles. The molecule has 0 unspecified atom stereocenters. The van der Waals surface area contributed by atoms with Gasteiger partial charge in [0.1, 0.15) is 5.75 Å². The first-order valence-electron chi connectivity index (χ1n) is 8.29. The predicted molar refractivity (Wildman–Crippen MR) is 105 cm³/mol. The van der Waals surface area contributed by atoms with E-state index in [2.05, 4.69) is 15.5 Å². The average molecular weight is 357 g/mol. The van der Waals surface area contributed by atoms with Gasteiger partial charge in [-0.2, -0.15) is 5.10 Å². The van der Waals surface area contributed by atoms with Crippen molar-refractivity contribution in [2.24, 2.45) is 5.10 Å². The topological polar surface area (TPSA) is 94.5 Å². The van der Waals surface area contributed by atoms with Gasteiger partial charge in [-0.25, -0.2) is 5.43 Å². The minimum absolute atomic E-state index is 0.110. The lowest BCUT2D eigenvalue weighted by atomic mass is 10.1. The van der Waals surface area contributed by atoms with Gasteiger partial charge in [0.05, 0.1) is 17.3 Å². The maximum atomic E-state index is 12.3. The van der Waals surface area contributed by atoms with Crippen molar-refractivity contribution in [1.29, 1.82) is 0 Å². The molecule has 3 N–H and O–H groups in total. The number of aromatic hydroxyl groups is 1. The second-order valence-electron chi connectivity index (χ2n) is 6.06. The van der Waals surface area contributed by atoms with Crippen molar-refractivity contribution in [3.8, 4) is 5.75 Å². The molecule has 27 heavy (non-hydrogen) atoms. The van der Waals surface area contributed by atoms with Crippen molar-refractivity contribution in [3.05, 3.63) is 88.2 Å². The van der Waals surface area contributed by atoms with Gasteiger partial charge < -0.3 is 10.1 Å². The Balaban J connectivity index is 1.58.